The fraction of sp³-hybridized carbons (Fsp3) is 0.222. The van der Waals surface area contributed by atoms with Crippen LogP contribution in [0.5, 0.6) is 0 Å². The van der Waals surface area contributed by atoms with E-state index in [-0.39, 0.29) is 5.91 Å². The van der Waals surface area contributed by atoms with Crippen LogP contribution >= 0.6 is 11.6 Å². The van der Waals surface area contributed by atoms with Gasteiger partial charge in [0, 0.05) is 17.6 Å². The zero-order chi connectivity index (χ0) is 9.14. The quantitative estimate of drug-likeness (QED) is 0.709. The molecule has 1 N–H and O–H groups in total. The molecule has 0 unspecified atom stereocenters. The number of amides is 1. The molecule has 0 atom stereocenters. The van der Waals surface area contributed by atoms with Gasteiger partial charge in [-0.25, -0.2) is 0 Å². The number of benzene rings is 1. The minimum Gasteiger partial charge on any atom is -0.355 e. The van der Waals surface area contributed by atoms with E-state index in [1.54, 1.807) is 19.2 Å². The topological polar surface area (TPSA) is 29.1 Å². The van der Waals surface area contributed by atoms with Crippen molar-refractivity contribution in [2.75, 3.05) is 7.05 Å². The molecule has 0 fully saturated rings. The van der Waals surface area contributed by atoms with E-state index in [0.29, 0.717) is 10.6 Å². The Hall–Kier alpha value is -1.02. The third kappa shape index (κ3) is 1.77. The van der Waals surface area contributed by atoms with Gasteiger partial charge in [-0.3, -0.25) is 4.79 Å². The minimum atomic E-state index is -0.114. The second-order valence-electron chi connectivity index (χ2n) is 2.54. The number of hydrogen-bond acceptors (Lipinski definition) is 1. The normalized spacial score (nSPS) is 9.58. The second-order valence-corrected chi connectivity index (χ2v) is 2.95. The highest BCUT2D eigenvalue weighted by Gasteiger charge is 2.03. The summed E-state index contributed by atoms with van der Waals surface area (Å²) in [7, 11) is 1.59. The molecule has 2 nitrogen and oxygen atoms in total. The molecule has 1 aromatic carbocycles. The van der Waals surface area contributed by atoms with Gasteiger partial charge in [0.2, 0.25) is 0 Å². The maximum absolute atomic E-state index is 11.1. The first kappa shape index (κ1) is 9.07. The summed E-state index contributed by atoms with van der Waals surface area (Å²) in [6, 6.07) is 5.24. The predicted octanol–water partition coefficient (Wildman–Crippen LogP) is 2.01. The van der Waals surface area contributed by atoms with Gasteiger partial charge < -0.3 is 5.32 Å². The zero-order valence-electron chi connectivity index (χ0n) is 7.02. The molecule has 1 aromatic rings. The number of rotatable bonds is 1. The summed E-state index contributed by atoms with van der Waals surface area (Å²) in [5.74, 6) is -0.114. The number of carbonyl (C=O) groups excluding carboxylic acids is 1. The highest BCUT2D eigenvalue weighted by atomic mass is 35.5. The van der Waals surface area contributed by atoms with E-state index >= 15 is 0 Å². The zero-order valence-corrected chi connectivity index (χ0v) is 7.77. The van der Waals surface area contributed by atoms with Crippen molar-refractivity contribution in [3.8, 4) is 0 Å². The summed E-state index contributed by atoms with van der Waals surface area (Å²) >= 11 is 5.83. The van der Waals surface area contributed by atoms with E-state index in [0.717, 1.165) is 5.56 Å². The Kier molecular flexibility index (Phi) is 2.71. The molecule has 0 aliphatic rings. The van der Waals surface area contributed by atoms with Crippen LogP contribution in [0, 0.1) is 6.92 Å². The molecule has 0 spiro atoms. The van der Waals surface area contributed by atoms with Gasteiger partial charge in [0.1, 0.15) is 0 Å². The lowest BCUT2D eigenvalue weighted by atomic mass is 10.1. The van der Waals surface area contributed by atoms with Crippen LogP contribution in [0.1, 0.15) is 15.9 Å². The lowest BCUT2D eigenvalue weighted by Crippen LogP contribution is -2.17. The van der Waals surface area contributed by atoms with Crippen LogP contribution in [0.15, 0.2) is 18.2 Å². The van der Waals surface area contributed by atoms with Crippen molar-refractivity contribution < 1.29 is 4.79 Å². The number of nitrogens with one attached hydrogen (secondary N) is 1. The van der Waals surface area contributed by atoms with Crippen LogP contribution < -0.4 is 5.32 Å². The van der Waals surface area contributed by atoms with Gasteiger partial charge in [0.05, 0.1) is 0 Å². The lowest BCUT2D eigenvalue weighted by Gasteiger charge is -2.01. The van der Waals surface area contributed by atoms with Crippen LogP contribution in [-0.4, -0.2) is 13.0 Å². The summed E-state index contributed by atoms with van der Waals surface area (Å²) in [6.07, 6.45) is 0. The monoisotopic (exact) mass is 183 g/mol. The fourth-order valence-electron chi connectivity index (χ4n) is 0.878. The third-order valence-corrected chi connectivity index (χ3v) is 2.07. The molecule has 64 valence electrons. The Labute approximate surface area is 76.5 Å². The molecular formula is C9H10ClNO. The van der Waals surface area contributed by atoms with Crippen LogP contribution in [0.4, 0.5) is 0 Å². The molecule has 0 saturated carbocycles. The van der Waals surface area contributed by atoms with E-state index in [1.165, 1.54) is 0 Å². The SMILES string of the molecule is CNC(=O)c1ccc(C)c(Cl)c1. The average Bonchev–Trinajstić information content (AvgIpc) is 2.08. The van der Waals surface area contributed by atoms with Crippen molar-refractivity contribution in [2.24, 2.45) is 0 Å². The highest BCUT2D eigenvalue weighted by Crippen LogP contribution is 2.16. The summed E-state index contributed by atoms with van der Waals surface area (Å²) in [5, 5.41) is 3.15. The van der Waals surface area contributed by atoms with Crippen molar-refractivity contribution in [1.82, 2.24) is 5.32 Å². The molecule has 1 amide bonds. The second kappa shape index (κ2) is 3.59. The molecule has 0 bridgehead atoms. The molecule has 1 rings (SSSR count). The first-order chi connectivity index (χ1) is 5.65. The van der Waals surface area contributed by atoms with Crippen LogP contribution in [0.25, 0.3) is 0 Å². The van der Waals surface area contributed by atoms with E-state index in [2.05, 4.69) is 5.32 Å². The Morgan fingerprint density at radius 2 is 2.17 bits per heavy atom. The average molecular weight is 184 g/mol. The Bertz CT molecular complexity index is 309. The molecule has 0 saturated heterocycles. The number of aryl methyl sites for hydroxylation is 1. The van der Waals surface area contributed by atoms with Crippen molar-refractivity contribution in [1.29, 1.82) is 0 Å². The van der Waals surface area contributed by atoms with Crippen LogP contribution in [0.3, 0.4) is 0 Å². The molecule has 3 heteroatoms. The van der Waals surface area contributed by atoms with Gasteiger partial charge in [-0.15, -0.1) is 0 Å². The van der Waals surface area contributed by atoms with E-state index in [4.69, 9.17) is 11.6 Å². The van der Waals surface area contributed by atoms with Gasteiger partial charge in [0.25, 0.3) is 5.91 Å². The standard InChI is InChI=1S/C9H10ClNO/c1-6-3-4-7(5-8(6)10)9(12)11-2/h3-5H,1-2H3,(H,11,12). The minimum absolute atomic E-state index is 0.114. The number of hydrogen-bond donors (Lipinski definition) is 1. The largest absolute Gasteiger partial charge is 0.355 e. The van der Waals surface area contributed by atoms with Gasteiger partial charge in [-0.2, -0.15) is 0 Å². The first-order valence-corrected chi connectivity index (χ1v) is 4.01. The van der Waals surface area contributed by atoms with E-state index in [9.17, 15) is 4.79 Å². The van der Waals surface area contributed by atoms with Gasteiger partial charge >= 0.3 is 0 Å². The van der Waals surface area contributed by atoms with Gasteiger partial charge in [-0.05, 0) is 24.6 Å². The maximum atomic E-state index is 11.1. The third-order valence-electron chi connectivity index (χ3n) is 1.66. The maximum Gasteiger partial charge on any atom is 0.251 e. The molecule has 0 aromatic heterocycles. The summed E-state index contributed by atoms with van der Waals surface area (Å²) < 4.78 is 0. The summed E-state index contributed by atoms with van der Waals surface area (Å²) in [5.41, 5.74) is 1.57. The van der Waals surface area contributed by atoms with E-state index < -0.39 is 0 Å². The van der Waals surface area contributed by atoms with Crippen LogP contribution in [-0.2, 0) is 0 Å². The Morgan fingerprint density at radius 1 is 1.50 bits per heavy atom. The summed E-state index contributed by atoms with van der Waals surface area (Å²) in [6.45, 7) is 1.90. The van der Waals surface area contributed by atoms with Crippen molar-refractivity contribution in [2.45, 2.75) is 6.92 Å². The predicted molar refractivity (Wildman–Crippen MR) is 49.6 cm³/mol. The van der Waals surface area contributed by atoms with Crippen LogP contribution in [0.2, 0.25) is 5.02 Å². The lowest BCUT2D eigenvalue weighted by molar-refractivity contribution is 0.0963. The molecule has 0 aliphatic carbocycles. The molecule has 0 heterocycles. The smallest absolute Gasteiger partial charge is 0.251 e. The fourth-order valence-corrected chi connectivity index (χ4v) is 1.06. The molecular weight excluding hydrogens is 174 g/mol. The first-order valence-electron chi connectivity index (χ1n) is 3.63. The van der Waals surface area contributed by atoms with Crippen molar-refractivity contribution >= 4 is 17.5 Å². The molecule has 0 aliphatic heterocycles. The number of halogens is 1. The van der Waals surface area contributed by atoms with Gasteiger partial charge in [0.15, 0.2) is 0 Å². The number of carbonyl (C=O) groups is 1. The molecule has 0 radical (unpaired) electrons. The van der Waals surface area contributed by atoms with Crippen molar-refractivity contribution in [3.05, 3.63) is 34.3 Å². The van der Waals surface area contributed by atoms with E-state index in [1.807, 2.05) is 13.0 Å². The van der Waals surface area contributed by atoms with Crippen molar-refractivity contribution in [3.63, 3.8) is 0 Å². The highest BCUT2D eigenvalue weighted by molar-refractivity contribution is 6.31. The van der Waals surface area contributed by atoms with Gasteiger partial charge in [-0.1, -0.05) is 17.7 Å². The molecule has 12 heavy (non-hydrogen) atoms. The Morgan fingerprint density at radius 3 is 2.67 bits per heavy atom. The summed E-state index contributed by atoms with van der Waals surface area (Å²) in [4.78, 5) is 11.1. The Balaban J connectivity index is 3.05.